The van der Waals surface area contributed by atoms with Crippen LogP contribution in [-0.4, -0.2) is 45.9 Å². The van der Waals surface area contributed by atoms with E-state index in [9.17, 15) is 4.79 Å². The van der Waals surface area contributed by atoms with Gasteiger partial charge in [-0.05, 0) is 57.8 Å². The molecule has 1 aliphatic rings. The summed E-state index contributed by atoms with van der Waals surface area (Å²) >= 11 is 0. The maximum Gasteiger partial charge on any atom is 0.223 e. The van der Waals surface area contributed by atoms with Crippen LogP contribution in [-0.2, 0) is 17.9 Å². The normalized spacial score (nSPS) is 17.5. The highest BCUT2D eigenvalue weighted by atomic mass is 16.2. The Kier molecular flexibility index (Phi) is 6.67. The molecule has 0 saturated carbocycles. The highest BCUT2D eigenvalue weighted by Crippen LogP contribution is 2.31. The molecule has 3 rings (SSSR count). The third kappa shape index (κ3) is 5.19. The van der Waals surface area contributed by atoms with Crippen molar-refractivity contribution in [1.29, 1.82) is 0 Å². The molecule has 0 N–H and O–H groups in total. The molecular formula is C22H32N4O. The standard InChI is InChI=1S/C22H32N4O/c1-18-23-13-16-25(18)14-6-8-22(27)26-15-5-4-7-21(26)20-11-9-19(10-12-20)17-24(2)3/h9-13,16,21H,4-8,14-15,17H2,1-3H3/t21-/m1/s1. The summed E-state index contributed by atoms with van der Waals surface area (Å²) in [4.78, 5) is 21.4. The van der Waals surface area contributed by atoms with Gasteiger partial charge in [0, 0.05) is 38.4 Å². The molecule has 0 bridgehead atoms. The van der Waals surface area contributed by atoms with Gasteiger partial charge in [0.05, 0.1) is 6.04 Å². The number of piperidine rings is 1. The van der Waals surface area contributed by atoms with Crippen LogP contribution in [0.3, 0.4) is 0 Å². The molecule has 0 spiro atoms. The molecule has 27 heavy (non-hydrogen) atoms. The van der Waals surface area contributed by atoms with Gasteiger partial charge in [0.2, 0.25) is 5.91 Å². The van der Waals surface area contributed by atoms with Gasteiger partial charge in [-0.15, -0.1) is 0 Å². The van der Waals surface area contributed by atoms with Gasteiger partial charge in [0.15, 0.2) is 0 Å². The zero-order valence-electron chi connectivity index (χ0n) is 16.9. The topological polar surface area (TPSA) is 41.4 Å². The fourth-order valence-corrected chi connectivity index (χ4v) is 3.97. The van der Waals surface area contributed by atoms with E-state index in [1.807, 2.05) is 19.3 Å². The van der Waals surface area contributed by atoms with Crippen molar-refractivity contribution >= 4 is 5.91 Å². The number of aryl methyl sites for hydroxylation is 2. The third-order valence-corrected chi connectivity index (χ3v) is 5.40. The Hall–Kier alpha value is -2.14. The number of amides is 1. The molecule has 1 fully saturated rings. The zero-order valence-corrected chi connectivity index (χ0v) is 16.9. The zero-order chi connectivity index (χ0) is 19.2. The molecule has 1 aliphatic heterocycles. The van der Waals surface area contributed by atoms with Crippen LogP contribution in [0, 0.1) is 6.92 Å². The molecule has 146 valence electrons. The predicted molar refractivity (Wildman–Crippen MR) is 108 cm³/mol. The average molecular weight is 369 g/mol. The van der Waals surface area contributed by atoms with E-state index in [0.29, 0.717) is 6.42 Å². The first-order chi connectivity index (χ1) is 13.0. The van der Waals surface area contributed by atoms with Crippen molar-refractivity contribution in [3.63, 3.8) is 0 Å². The lowest BCUT2D eigenvalue weighted by molar-refractivity contribution is -0.135. The van der Waals surface area contributed by atoms with Crippen LogP contribution in [0.5, 0.6) is 0 Å². The van der Waals surface area contributed by atoms with Crippen LogP contribution >= 0.6 is 0 Å². The van der Waals surface area contributed by atoms with Gasteiger partial charge in [0.1, 0.15) is 5.82 Å². The number of nitrogens with zero attached hydrogens (tertiary/aromatic N) is 4. The Labute approximate surface area is 163 Å². The molecule has 2 aromatic rings. The van der Waals surface area contributed by atoms with E-state index in [0.717, 1.165) is 44.7 Å². The number of likely N-dealkylation sites (tertiary alicyclic amines) is 1. The van der Waals surface area contributed by atoms with Crippen molar-refractivity contribution in [1.82, 2.24) is 19.4 Å². The van der Waals surface area contributed by atoms with E-state index >= 15 is 0 Å². The molecule has 5 nitrogen and oxygen atoms in total. The minimum Gasteiger partial charge on any atom is -0.336 e. The van der Waals surface area contributed by atoms with Crippen LogP contribution in [0.4, 0.5) is 0 Å². The maximum atomic E-state index is 12.9. The molecule has 5 heteroatoms. The lowest BCUT2D eigenvalue weighted by Gasteiger charge is -2.36. The second-order valence-electron chi connectivity index (χ2n) is 7.85. The van der Waals surface area contributed by atoms with Gasteiger partial charge in [-0.1, -0.05) is 24.3 Å². The van der Waals surface area contributed by atoms with Gasteiger partial charge in [-0.3, -0.25) is 4.79 Å². The first-order valence-corrected chi connectivity index (χ1v) is 10.1. The fourth-order valence-electron chi connectivity index (χ4n) is 3.97. The monoisotopic (exact) mass is 368 g/mol. The van der Waals surface area contributed by atoms with E-state index in [2.05, 4.69) is 57.7 Å². The first kappa shape index (κ1) is 19.6. The quantitative estimate of drug-likeness (QED) is 0.747. The molecular weight excluding hydrogens is 336 g/mol. The molecule has 0 radical (unpaired) electrons. The van der Waals surface area contributed by atoms with Gasteiger partial charge in [-0.25, -0.2) is 4.98 Å². The molecule has 1 amide bonds. The summed E-state index contributed by atoms with van der Waals surface area (Å²) in [6.45, 7) is 4.69. The summed E-state index contributed by atoms with van der Waals surface area (Å²) < 4.78 is 2.12. The SMILES string of the molecule is Cc1nccn1CCCC(=O)N1CCCC[C@@H]1c1ccc(CN(C)C)cc1. The summed E-state index contributed by atoms with van der Waals surface area (Å²) in [5.74, 6) is 1.30. The minimum atomic E-state index is 0.231. The van der Waals surface area contributed by atoms with Crippen LogP contribution in [0.2, 0.25) is 0 Å². The van der Waals surface area contributed by atoms with E-state index in [1.165, 1.54) is 17.5 Å². The second-order valence-corrected chi connectivity index (χ2v) is 7.85. The Bertz CT molecular complexity index is 735. The van der Waals surface area contributed by atoms with Crippen molar-refractivity contribution in [2.45, 2.75) is 58.2 Å². The number of rotatable bonds is 7. The van der Waals surface area contributed by atoms with E-state index in [1.54, 1.807) is 0 Å². The van der Waals surface area contributed by atoms with Crippen LogP contribution in [0.15, 0.2) is 36.7 Å². The number of hydrogen-bond acceptors (Lipinski definition) is 3. The Balaban J connectivity index is 1.60. The molecule has 1 aromatic heterocycles. The first-order valence-electron chi connectivity index (χ1n) is 10.1. The van der Waals surface area contributed by atoms with Crippen molar-refractivity contribution in [2.24, 2.45) is 0 Å². The van der Waals surface area contributed by atoms with Crippen LogP contribution in [0.1, 0.15) is 55.1 Å². The van der Waals surface area contributed by atoms with E-state index in [4.69, 9.17) is 0 Å². The third-order valence-electron chi connectivity index (χ3n) is 5.40. The second kappa shape index (κ2) is 9.18. The lowest BCUT2D eigenvalue weighted by atomic mass is 9.94. The molecule has 0 aliphatic carbocycles. The highest BCUT2D eigenvalue weighted by molar-refractivity contribution is 5.76. The number of imidazole rings is 1. The van der Waals surface area contributed by atoms with Gasteiger partial charge < -0.3 is 14.4 Å². The largest absolute Gasteiger partial charge is 0.336 e. The van der Waals surface area contributed by atoms with Crippen molar-refractivity contribution < 1.29 is 4.79 Å². The lowest BCUT2D eigenvalue weighted by Crippen LogP contribution is -2.38. The predicted octanol–water partition coefficient (Wildman–Crippen LogP) is 3.79. The number of benzene rings is 1. The van der Waals surface area contributed by atoms with Crippen molar-refractivity contribution in [3.05, 3.63) is 53.6 Å². The number of hydrogen-bond donors (Lipinski definition) is 0. The highest BCUT2D eigenvalue weighted by Gasteiger charge is 2.27. The van der Waals surface area contributed by atoms with Gasteiger partial charge in [0.25, 0.3) is 0 Å². The van der Waals surface area contributed by atoms with Gasteiger partial charge >= 0.3 is 0 Å². The smallest absolute Gasteiger partial charge is 0.223 e. The average Bonchev–Trinajstić information content (AvgIpc) is 3.07. The van der Waals surface area contributed by atoms with Crippen LogP contribution in [0.25, 0.3) is 0 Å². The molecule has 1 saturated heterocycles. The summed E-state index contributed by atoms with van der Waals surface area (Å²) in [5, 5.41) is 0. The molecule has 1 aromatic carbocycles. The molecule has 2 heterocycles. The molecule has 0 unspecified atom stereocenters. The summed E-state index contributed by atoms with van der Waals surface area (Å²) in [6.07, 6.45) is 8.65. The van der Waals surface area contributed by atoms with E-state index < -0.39 is 0 Å². The minimum absolute atomic E-state index is 0.231. The number of carbonyl (C=O) groups excluding carboxylic acids is 1. The summed E-state index contributed by atoms with van der Waals surface area (Å²) in [6, 6.07) is 9.06. The molecule has 1 atom stereocenters. The van der Waals surface area contributed by atoms with Crippen LogP contribution < -0.4 is 0 Å². The summed E-state index contributed by atoms with van der Waals surface area (Å²) in [7, 11) is 4.17. The maximum absolute atomic E-state index is 12.9. The Morgan fingerprint density at radius 1 is 1.22 bits per heavy atom. The van der Waals surface area contributed by atoms with E-state index in [-0.39, 0.29) is 11.9 Å². The number of carbonyl (C=O) groups is 1. The Morgan fingerprint density at radius 3 is 2.67 bits per heavy atom. The van der Waals surface area contributed by atoms with Crippen molar-refractivity contribution in [2.75, 3.05) is 20.6 Å². The van der Waals surface area contributed by atoms with Crippen molar-refractivity contribution in [3.8, 4) is 0 Å². The van der Waals surface area contributed by atoms with Gasteiger partial charge in [-0.2, -0.15) is 0 Å². The fraction of sp³-hybridized carbons (Fsp3) is 0.545. The summed E-state index contributed by atoms with van der Waals surface area (Å²) in [5.41, 5.74) is 2.59. The Morgan fingerprint density at radius 2 is 2.00 bits per heavy atom. The number of aromatic nitrogens is 2.